The third-order valence-electron chi connectivity index (χ3n) is 9.91. The van der Waals surface area contributed by atoms with Crippen LogP contribution in [0.25, 0.3) is 6.08 Å². The molecule has 3 rings (SSSR count). The van der Waals surface area contributed by atoms with Crippen LogP contribution in [0, 0.1) is 11.8 Å². The van der Waals surface area contributed by atoms with Gasteiger partial charge in [0.2, 0.25) is 35.4 Å². The van der Waals surface area contributed by atoms with E-state index in [1.807, 2.05) is 0 Å². The number of nitrogens with one attached hydrogen (secondary N) is 5. The molecule has 0 saturated heterocycles. The number of carboxylic acids is 2. The molecule has 5 atom stereocenters. The van der Waals surface area contributed by atoms with Crippen molar-refractivity contribution in [2.75, 3.05) is 0 Å². The van der Waals surface area contributed by atoms with Crippen molar-refractivity contribution < 1.29 is 58.8 Å². The second-order valence-electron chi connectivity index (χ2n) is 15.4. The summed E-state index contributed by atoms with van der Waals surface area (Å²) in [5.74, 6) is -9.01. The topological polar surface area (TPSA) is 304 Å². The molecule has 2 aromatic carbocycles. The van der Waals surface area contributed by atoms with Gasteiger partial charge in [0.25, 0.3) is 0 Å². The highest BCUT2D eigenvalue weighted by molar-refractivity contribution is 5.99. The van der Waals surface area contributed by atoms with Crippen molar-refractivity contribution in [3.05, 3.63) is 65.7 Å². The number of hydrogen-bond donors (Lipinski definition) is 10. The van der Waals surface area contributed by atoms with Crippen molar-refractivity contribution in [1.82, 2.24) is 26.6 Å². The quantitative estimate of drug-likeness (QED) is 0.0564. The van der Waals surface area contributed by atoms with Gasteiger partial charge in [0, 0.05) is 18.9 Å². The van der Waals surface area contributed by atoms with Gasteiger partial charge in [0.1, 0.15) is 30.2 Å². The molecule has 6 amide bonds. The summed E-state index contributed by atoms with van der Waals surface area (Å²) in [6, 6.07) is 5.29. The molecule has 60 heavy (non-hydrogen) atoms. The Kier molecular flexibility index (Phi) is 19.0. The number of phenolic OH excluding ortho intramolecular Hbond substituents is 2. The molecule has 0 heterocycles. The number of aromatic hydroxyl groups is 2. The number of rotatable bonds is 23. The molecule has 18 heteroatoms. The van der Waals surface area contributed by atoms with E-state index >= 15 is 0 Å². The number of carboxylic acid groups (broad SMARTS) is 2. The lowest BCUT2D eigenvalue weighted by molar-refractivity contribution is -0.143. The number of benzene rings is 2. The van der Waals surface area contributed by atoms with Crippen LogP contribution in [0.3, 0.4) is 0 Å². The van der Waals surface area contributed by atoms with Gasteiger partial charge in [0.15, 0.2) is 11.5 Å². The van der Waals surface area contributed by atoms with Crippen LogP contribution in [0.5, 0.6) is 11.5 Å². The van der Waals surface area contributed by atoms with E-state index in [4.69, 9.17) is 5.73 Å². The highest BCUT2D eigenvalue weighted by Crippen LogP contribution is 2.28. The van der Waals surface area contributed by atoms with Gasteiger partial charge in [-0.1, -0.05) is 82.3 Å². The minimum Gasteiger partial charge on any atom is -0.504 e. The Morgan fingerprint density at radius 2 is 1.30 bits per heavy atom. The molecule has 0 bridgehead atoms. The lowest BCUT2D eigenvalue weighted by Crippen LogP contribution is -2.59. The van der Waals surface area contributed by atoms with E-state index in [2.05, 4.69) is 26.6 Å². The van der Waals surface area contributed by atoms with Crippen molar-refractivity contribution >= 4 is 53.5 Å². The van der Waals surface area contributed by atoms with Gasteiger partial charge >= 0.3 is 11.9 Å². The third-order valence-corrected chi connectivity index (χ3v) is 9.91. The predicted octanol–water partition coefficient (Wildman–Crippen LogP) is 1.62. The van der Waals surface area contributed by atoms with E-state index in [0.29, 0.717) is 11.1 Å². The van der Waals surface area contributed by atoms with Crippen molar-refractivity contribution in [3.8, 4) is 11.5 Å². The van der Waals surface area contributed by atoms with Crippen LogP contribution in [-0.2, 0) is 44.8 Å². The van der Waals surface area contributed by atoms with Gasteiger partial charge in [0.05, 0.1) is 6.42 Å². The van der Waals surface area contributed by atoms with E-state index < -0.39 is 89.8 Å². The summed E-state index contributed by atoms with van der Waals surface area (Å²) < 4.78 is 0. The lowest BCUT2D eigenvalue weighted by Gasteiger charge is -2.29. The Bertz CT molecular complexity index is 1860. The minimum atomic E-state index is -1.74. The fraction of sp³-hybridized carbons (Fsp3) is 0.476. The molecule has 0 radical (unpaired) electrons. The Balaban J connectivity index is 1.83. The Hall–Kier alpha value is -6.46. The van der Waals surface area contributed by atoms with Crippen LogP contribution in [0.4, 0.5) is 0 Å². The normalized spacial score (nSPS) is 15.4. The SMILES string of the molecule is CC(C)C[C@H](NC(=O)[C@H](CC(=O)O)NC(=O)[C@H](CC1CCCCC1)NC(=O)[C@H](CCC(N)=O)NC(=O)/C=C/c1ccc(O)c(O)c1)C(=O)N[C@@H](Cc1ccccc1)C(=O)O. The molecule has 1 fully saturated rings. The number of carbonyl (C=O) groups excluding carboxylic acids is 6. The second kappa shape index (κ2) is 23.8. The molecule has 18 nitrogen and oxygen atoms in total. The van der Waals surface area contributed by atoms with E-state index in [1.165, 1.54) is 24.3 Å². The van der Waals surface area contributed by atoms with Crippen LogP contribution in [-0.4, -0.2) is 98.0 Å². The van der Waals surface area contributed by atoms with Gasteiger partial charge < -0.3 is 52.7 Å². The van der Waals surface area contributed by atoms with E-state index in [1.54, 1.807) is 44.2 Å². The van der Waals surface area contributed by atoms with Crippen molar-refractivity contribution in [2.24, 2.45) is 17.6 Å². The van der Waals surface area contributed by atoms with Gasteiger partial charge in [-0.25, -0.2) is 4.79 Å². The number of hydrogen-bond acceptors (Lipinski definition) is 10. The first-order valence-electron chi connectivity index (χ1n) is 19.9. The van der Waals surface area contributed by atoms with Crippen LogP contribution in [0.1, 0.15) is 89.2 Å². The van der Waals surface area contributed by atoms with Crippen LogP contribution < -0.4 is 32.3 Å². The maximum Gasteiger partial charge on any atom is 0.326 e. The van der Waals surface area contributed by atoms with Crippen molar-refractivity contribution in [2.45, 2.75) is 115 Å². The predicted molar refractivity (Wildman–Crippen MR) is 218 cm³/mol. The molecule has 0 aliphatic heterocycles. The first kappa shape index (κ1) is 47.9. The van der Waals surface area contributed by atoms with Crippen molar-refractivity contribution in [1.29, 1.82) is 0 Å². The first-order chi connectivity index (χ1) is 28.4. The second-order valence-corrected chi connectivity index (χ2v) is 15.4. The fourth-order valence-corrected chi connectivity index (χ4v) is 6.80. The van der Waals surface area contributed by atoms with Crippen LogP contribution in [0.2, 0.25) is 0 Å². The fourth-order valence-electron chi connectivity index (χ4n) is 6.80. The van der Waals surface area contributed by atoms with E-state index in [-0.39, 0.29) is 49.7 Å². The summed E-state index contributed by atoms with van der Waals surface area (Å²) in [6.45, 7) is 3.52. The summed E-state index contributed by atoms with van der Waals surface area (Å²) in [6.07, 6.45) is 5.11. The molecule has 2 aromatic rings. The maximum atomic E-state index is 14.0. The average Bonchev–Trinajstić information content (AvgIpc) is 3.19. The van der Waals surface area contributed by atoms with Crippen LogP contribution >= 0.6 is 0 Å². The number of amides is 6. The zero-order valence-electron chi connectivity index (χ0n) is 33.7. The third kappa shape index (κ3) is 16.8. The molecule has 0 aromatic heterocycles. The molecule has 326 valence electrons. The highest BCUT2D eigenvalue weighted by Gasteiger charge is 2.35. The molecule has 1 aliphatic carbocycles. The number of carbonyl (C=O) groups is 8. The molecule has 1 saturated carbocycles. The molecular formula is C42H56N6O12. The summed E-state index contributed by atoms with van der Waals surface area (Å²) in [4.78, 5) is 104. The number of primary amides is 1. The summed E-state index contributed by atoms with van der Waals surface area (Å²) in [7, 11) is 0. The van der Waals surface area contributed by atoms with Gasteiger partial charge in [-0.2, -0.15) is 0 Å². The summed E-state index contributed by atoms with van der Waals surface area (Å²) in [5.41, 5.74) is 6.31. The van der Waals surface area contributed by atoms with E-state index in [9.17, 15) is 58.8 Å². The largest absolute Gasteiger partial charge is 0.504 e. The molecular weight excluding hydrogens is 780 g/mol. The smallest absolute Gasteiger partial charge is 0.326 e. The maximum absolute atomic E-state index is 14.0. The van der Waals surface area contributed by atoms with Gasteiger partial charge in [-0.05, 0) is 60.4 Å². The number of phenols is 2. The minimum absolute atomic E-state index is 0.0361. The standard InChI is InChI=1S/C42H56N6O12/c1-24(2)19-29(39(56)48-32(42(59)60)21-26-11-7-4-8-12-26)45-41(58)31(23-37(53)54)47-40(57)30(20-25-9-5-3-6-10-25)46-38(55)28(15-17-35(43)51)44-36(52)18-14-27-13-16-33(49)34(50)22-27/h4,7-8,11-14,16,18,22,24-25,28-32,49-50H,3,5-6,9-10,15,17,19-21,23H2,1-2H3,(H2,43,51)(H,44,52)(H,45,58)(H,46,55)(H,47,57)(H,48,56)(H,53,54)(H,59,60)/b18-14+/t28-,29-,30-,31-,32-/m0/s1. The zero-order chi connectivity index (χ0) is 44.4. The number of aliphatic carboxylic acids is 2. The van der Waals surface area contributed by atoms with Crippen molar-refractivity contribution in [3.63, 3.8) is 0 Å². The van der Waals surface area contributed by atoms with E-state index in [0.717, 1.165) is 38.2 Å². The summed E-state index contributed by atoms with van der Waals surface area (Å²) in [5, 5.41) is 51.4. The first-order valence-corrected chi connectivity index (χ1v) is 19.9. The molecule has 11 N–H and O–H groups in total. The highest BCUT2D eigenvalue weighted by atomic mass is 16.4. The average molecular weight is 837 g/mol. The zero-order valence-corrected chi connectivity index (χ0v) is 33.7. The Morgan fingerprint density at radius 3 is 1.90 bits per heavy atom. The number of nitrogens with two attached hydrogens (primary N) is 1. The Morgan fingerprint density at radius 1 is 0.717 bits per heavy atom. The Labute approximate surface area is 347 Å². The van der Waals surface area contributed by atoms with Gasteiger partial charge in [-0.3, -0.25) is 33.6 Å². The summed E-state index contributed by atoms with van der Waals surface area (Å²) >= 11 is 0. The van der Waals surface area contributed by atoms with Gasteiger partial charge in [-0.15, -0.1) is 0 Å². The molecule has 0 unspecified atom stereocenters. The monoisotopic (exact) mass is 836 g/mol. The molecule has 1 aliphatic rings. The molecule has 0 spiro atoms. The lowest BCUT2D eigenvalue weighted by atomic mass is 9.84. The van der Waals surface area contributed by atoms with Crippen LogP contribution in [0.15, 0.2) is 54.6 Å².